The highest BCUT2D eigenvalue weighted by atomic mass is 35.5. The molecule has 80 valence electrons. The van der Waals surface area contributed by atoms with Crippen LogP contribution in [0.1, 0.15) is 19.4 Å². The van der Waals surface area contributed by atoms with Crippen LogP contribution >= 0.6 is 23.2 Å². The van der Waals surface area contributed by atoms with Crippen molar-refractivity contribution in [3.8, 4) is 0 Å². The van der Waals surface area contributed by atoms with Crippen LogP contribution in [-0.2, 0) is 6.18 Å². The molecule has 1 heterocycles. The van der Waals surface area contributed by atoms with Gasteiger partial charge >= 0.3 is 6.18 Å². The third kappa shape index (κ3) is 4.15. The molecule has 0 fully saturated rings. The monoisotopic (exact) mass is 245 g/mol. The molecule has 0 radical (unpaired) electrons. The summed E-state index contributed by atoms with van der Waals surface area (Å²) in [4.78, 5) is 3.38. The number of halogens is 5. The Morgan fingerprint density at radius 2 is 1.43 bits per heavy atom. The van der Waals surface area contributed by atoms with E-state index in [9.17, 15) is 13.2 Å². The summed E-state index contributed by atoms with van der Waals surface area (Å²) in [7, 11) is 0. The molecule has 0 saturated carbocycles. The molecule has 0 saturated heterocycles. The average Bonchev–Trinajstić information content (AvgIpc) is 2.04. The van der Waals surface area contributed by atoms with Crippen LogP contribution in [-0.4, -0.2) is 4.98 Å². The molecule has 14 heavy (non-hydrogen) atoms. The van der Waals surface area contributed by atoms with E-state index in [-0.39, 0.29) is 10.3 Å². The Hall–Kier alpha value is -0.480. The molecule has 1 rings (SSSR count). The summed E-state index contributed by atoms with van der Waals surface area (Å²) >= 11 is 10.5. The van der Waals surface area contributed by atoms with Crippen LogP contribution in [0.25, 0.3) is 0 Å². The minimum Gasteiger partial charge on any atom is -0.224 e. The highest BCUT2D eigenvalue weighted by Gasteiger charge is 2.31. The van der Waals surface area contributed by atoms with Gasteiger partial charge in [-0.15, -0.1) is 0 Å². The van der Waals surface area contributed by atoms with Gasteiger partial charge in [0.25, 0.3) is 0 Å². The van der Waals surface area contributed by atoms with Crippen molar-refractivity contribution in [2.24, 2.45) is 0 Å². The number of alkyl halides is 3. The number of rotatable bonds is 0. The van der Waals surface area contributed by atoms with Crippen molar-refractivity contribution >= 4 is 23.2 Å². The van der Waals surface area contributed by atoms with Gasteiger partial charge in [0.2, 0.25) is 0 Å². The van der Waals surface area contributed by atoms with Gasteiger partial charge in [-0.25, -0.2) is 4.98 Å². The van der Waals surface area contributed by atoms with Gasteiger partial charge in [-0.2, -0.15) is 13.2 Å². The van der Waals surface area contributed by atoms with Crippen LogP contribution < -0.4 is 0 Å². The van der Waals surface area contributed by atoms with Gasteiger partial charge in [0.1, 0.15) is 10.3 Å². The van der Waals surface area contributed by atoms with Gasteiger partial charge in [0.15, 0.2) is 0 Å². The first kappa shape index (κ1) is 13.5. The van der Waals surface area contributed by atoms with Crippen LogP contribution in [0.15, 0.2) is 12.1 Å². The van der Waals surface area contributed by atoms with Crippen molar-refractivity contribution in [1.29, 1.82) is 0 Å². The van der Waals surface area contributed by atoms with Crippen LogP contribution in [0.3, 0.4) is 0 Å². The maximum Gasteiger partial charge on any atom is 0.416 e. The smallest absolute Gasteiger partial charge is 0.224 e. The van der Waals surface area contributed by atoms with Crippen molar-refractivity contribution in [3.05, 3.63) is 28.0 Å². The predicted octanol–water partition coefficient (Wildman–Crippen LogP) is 4.43. The van der Waals surface area contributed by atoms with Crippen molar-refractivity contribution in [2.45, 2.75) is 20.0 Å². The Labute approximate surface area is 89.9 Å². The molecule has 0 aliphatic carbocycles. The summed E-state index contributed by atoms with van der Waals surface area (Å²) in [5, 5.41) is -0.537. The molecule has 0 amide bonds. The summed E-state index contributed by atoms with van der Waals surface area (Å²) in [6, 6.07) is 1.43. The second kappa shape index (κ2) is 5.41. The third-order valence-corrected chi connectivity index (χ3v) is 1.48. The van der Waals surface area contributed by atoms with E-state index in [2.05, 4.69) is 4.98 Å². The standard InChI is InChI=1S/C6H2Cl2F3N.C2H6/c7-4-1-3(6(9,10)11)2-5(8)12-4;1-2/h1-2H;1-2H3. The predicted molar refractivity (Wildman–Crippen MR) is 50.6 cm³/mol. The zero-order valence-electron chi connectivity index (χ0n) is 7.49. The average molecular weight is 246 g/mol. The van der Waals surface area contributed by atoms with E-state index in [1.165, 1.54) is 0 Å². The fourth-order valence-electron chi connectivity index (χ4n) is 0.629. The topological polar surface area (TPSA) is 12.9 Å². The lowest BCUT2D eigenvalue weighted by Gasteiger charge is -2.06. The summed E-state index contributed by atoms with van der Waals surface area (Å²) < 4.78 is 36.0. The molecule has 0 bridgehead atoms. The Morgan fingerprint density at radius 1 is 1.07 bits per heavy atom. The molecule has 0 N–H and O–H groups in total. The van der Waals surface area contributed by atoms with Crippen molar-refractivity contribution in [3.63, 3.8) is 0 Å². The summed E-state index contributed by atoms with van der Waals surface area (Å²) in [5.74, 6) is 0. The highest BCUT2D eigenvalue weighted by molar-refractivity contribution is 6.32. The van der Waals surface area contributed by atoms with Crippen molar-refractivity contribution in [1.82, 2.24) is 4.98 Å². The van der Waals surface area contributed by atoms with E-state index < -0.39 is 11.7 Å². The lowest BCUT2D eigenvalue weighted by atomic mass is 10.3. The molecule has 1 aromatic heterocycles. The van der Waals surface area contributed by atoms with Crippen molar-refractivity contribution < 1.29 is 13.2 Å². The minimum absolute atomic E-state index is 0.269. The van der Waals surface area contributed by atoms with E-state index in [4.69, 9.17) is 23.2 Å². The molecule has 6 heteroatoms. The van der Waals surface area contributed by atoms with Crippen LogP contribution in [0, 0.1) is 0 Å². The molecule has 0 atom stereocenters. The molecule has 0 unspecified atom stereocenters. The fraction of sp³-hybridized carbons (Fsp3) is 0.375. The molecule has 1 nitrogen and oxygen atoms in total. The molecule has 0 aromatic carbocycles. The largest absolute Gasteiger partial charge is 0.416 e. The maximum atomic E-state index is 12.0. The molecule has 1 aromatic rings. The highest BCUT2D eigenvalue weighted by Crippen LogP contribution is 2.31. The minimum atomic E-state index is -4.43. The van der Waals surface area contributed by atoms with Gasteiger partial charge in [0.05, 0.1) is 5.56 Å². The van der Waals surface area contributed by atoms with Crippen molar-refractivity contribution in [2.75, 3.05) is 0 Å². The van der Waals surface area contributed by atoms with Crippen LogP contribution in [0.4, 0.5) is 13.2 Å². The maximum absolute atomic E-state index is 12.0. The summed E-state index contributed by atoms with van der Waals surface area (Å²) in [6.45, 7) is 4.00. The fourth-order valence-corrected chi connectivity index (χ4v) is 1.09. The van der Waals surface area contributed by atoms with E-state index in [1.807, 2.05) is 13.8 Å². The Bertz CT molecular complexity index is 279. The van der Waals surface area contributed by atoms with Gasteiger partial charge < -0.3 is 0 Å². The lowest BCUT2D eigenvalue weighted by molar-refractivity contribution is -0.137. The molecular weight excluding hydrogens is 238 g/mol. The Balaban J connectivity index is 0.000000791. The normalized spacial score (nSPS) is 10.5. The number of nitrogens with zero attached hydrogens (tertiary/aromatic N) is 1. The molecule has 0 aliphatic rings. The van der Waals surface area contributed by atoms with Crippen LogP contribution in [0.2, 0.25) is 10.3 Å². The number of hydrogen-bond acceptors (Lipinski definition) is 1. The van der Waals surface area contributed by atoms with E-state index in [0.717, 1.165) is 0 Å². The van der Waals surface area contributed by atoms with E-state index in [0.29, 0.717) is 12.1 Å². The van der Waals surface area contributed by atoms with Gasteiger partial charge in [0, 0.05) is 0 Å². The number of hydrogen-bond donors (Lipinski definition) is 0. The first-order chi connectivity index (χ1) is 6.39. The lowest BCUT2D eigenvalue weighted by Crippen LogP contribution is -2.05. The zero-order chi connectivity index (χ0) is 11.4. The van der Waals surface area contributed by atoms with Gasteiger partial charge in [-0.1, -0.05) is 37.0 Å². The second-order valence-corrected chi connectivity index (χ2v) is 2.77. The quantitative estimate of drug-likeness (QED) is 0.617. The SMILES string of the molecule is CC.FC(F)(F)c1cc(Cl)nc(Cl)c1. The Kier molecular flexibility index (Phi) is 5.23. The third-order valence-electron chi connectivity index (χ3n) is 1.09. The Morgan fingerprint density at radius 3 is 1.71 bits per heavy atom. The molecule has 0 aliphatic heterocycles. The van der Waals surface area contributed by atoms with Crippen LogP contribution in [0.5, 0.6) is 0 Å². The number of aromatic nitrogens is 1. The van der Waals surface area contributed by atoms with E-state index in [1.54, 1.807) is 0 Å². The summed E-state index contributed by atoms with van der Waals surface area (Å²) in [6.07, 6.45) is -4.43. The zero-order valence-corrected chi connectivity index (χ0v) is 9.00. The number of pyridine rings is 1. The second-order valence-electron chi connectivity index (χ2n) is 2.00. The van der Waals surface area contributed by atoms with Gasteiger partial charge in [-0.05, 0) is 12.1 Å². The van der Waals surface area contributed by atoms with Gasteiger partial charge in [-0.3, -0.25) is 0 Å². The van der Waals surface area contributed by atoms with E-state index >= 15 is 0 Å². The molecular formula is C8H8Cl2F3N. The first-order valence-electron chi connectivity index (χ1n) is 3.80. The molecule has 0 spiro atoms. The first-order valence-corrected chi connectivity index (χ1v) is 4.55. The summed E-state index contributed by atoms with van der Waals surface area (Å²) in [5.41, 5.74) is -0.896.